The summed E-state index contributed by atoms with van der Waals surface area (Å²) >= 11 is 5.87. The van der Waals surface area contributed by atoms with E-state index in [9.17, 15) is 0 Å². The maximum Gasteiger partial charge on any atom is 0.222 e. The number of nitrogens with two attached hydrogens (primary N) is 1. The van der Waals surface area contributed by atoms with Crippen LogP contribution in [-0.4, -0.2) is 16.5 Å². The van der Waals surface area contributed by atoms with Crippen molar-refractivity contribution in [1.29, 1.82) is 0 Å². The molecule has 1 aromatic heterocycles. The number of fused-ring (bicyclic) bond motifs is 1. The SMILES string of the molecule is Nc1nc2c(c(Nc3ccc(Cl)cc3)n1)CNCC2. The van der Waals surface area contributed by atoms with Gasteiger partial charge in [-0.05, 0) is 24.3 Å². The maximum atomic E-state index is 5.87. The van der Waals surface area contributed by atoms with Crippen molar-refractivity contribution >= 4 is 29.1 Å². The van der Waals surface area contributed by atoms with E-state index < -0.39 is 0 Å². The fraction of sp³-hybridized carbons (Fsp3) is 0.231. The zero-order chi connectivity index (χ0) is 13.2. The molecular weight excluding hydrogens is 262 g/mol. The van der Waals surface area contributed by atoms with Crippen LogP contribution < -0.4 is 16.4 Å². The average molecular weight is 276 g/mol. The van der Waals surface area contributed by atoms with Crippen LogP contribution in [0.15, 0.2) is 24.3 Å². The van der Waals surface area contributed by atoms with Gasteiger partial charge < -0.3 is 16.4 Å². The smallest absolute Gasteiger partial charge is 0.222 e. The molecule has 4 N–H and O–H groups in total. The van der Waals surface area contributed by atoms with E-state index in [-0.39, 0.29) is 0 Å². The second-order valence-corrected chi connectivity index (χ2v) is 4.85. The number of nitrogens with one attached hydrogen (secondary N) is 2. The third-order valence-corrected chi connectivity index (χ3v) is 3.31. The molecule has 1 aliphatic heterocycles. The molecule has 0 bridgehead atoms. The fourth-order valence-electron chi connectivity index (χ4n) is 2.14. The monoisotopic (exact) mass is 275 g/mol. The van der Waals surface area contributed by atoms with Gasteiger partial charge in [0.2, 0.25) is 5.95 Å². The predicted molar refractivity (Wildman–Crippen MR) is 76.6 cm³/mol. The van der Waals surface area contributed by atoms with Gasteiger partial charge in [0, 0.05) is 35.8 Å². The standard InChI is InChI=1S/C13H14ClN5/c14-8-1-3-9(4-2-8)17-12-10-7-16-6-5-11(10)18-13(15)19-12/h1-4,16H,5-7H2,(H3,15,17,18,19). The molecule has 5 nitrogen and oxygen atoms in total. The van der Waals surface area contributed by atoms with Crippen molar-refractivity contribution in [2.75, 3.05) is 17.6 Å². The van der Waals surface area contributed by atoms with Gasteiger partial charge in [-0.2, -0.15) is 4.98 Å². The van der Waals surface area contributed by atoms with Crippen LogP contribution in [0, 0.1) is 0 Å². The van der Waals surface area contributed by atoms with Crippen molar-refractivity contribution < 1.29 is 0 Å². The van der Waals surface area contributed by atoms with Crippen LogP contribution >= 0.6 is 11.6 Å². The molecule has 0 atom stereocenters. The van der Waals surface area contributed by atoms with Gasteiger partial charge in [0.05, 0.1) is 5.69 Å². The fourth-order valence-corrected chi connectivity index (χ4v) is 2.26. The number of nitrogen functional groups attached to an aromatic ring is 1. The van der Waals surface area contributed by atoms with Crippen LogP contribution in [0.3, 0.4) is 0 Å². The Morgan fingerprint density at radius 3 is 2.79 bits per heavy atom. The van der Waals surface area contributed by atoms with E-state index in [1.165, 1.54) is 0 Å². The van der Waals surface area contributed by atoms with Gasteiger partial charge in [-0.1, -0.05) is 11.6 Å². The van der Waals surface area contributed by atoms with Crippen molar-refractivity contribution in [3.63, 3.8) is 0 Å². The molecule has 6 heteroatoms. The molecule has 98 valence electrons. The number of halogens is 1. The van der Waals surface area contributed by atoms with E-state index in [4.69, 9.17) is 17.3 Å². The van der Waals surface area contributed by atoms with Crippen LogP contribution in [0.25, 0.3) is 0 Å². The third-order valence-electron chi connectivity index (χ3n) is 3.06. The summed E-state index contributed by atoms with van der Waals surface area (Å²) in [5.41, 5.74) is 8.78. The summed E-state index contributed by atoms with van der Waals surface area (Å²) in [5.74, 6) is 1.06. The van der Waals surface area contributed by atoms with Gasteiger partial charge in [0.15, 0.2) is 0 Å². The van der Waals surface area contributed by atoms with Gasteiger partial charge >= 0.3 is 0 Å². The Kier molecular flexibility index (Phi) is 3.23. The largest absolute Gasteiger partial charge is 0.368 e. The molecular formula is C13H14ClN5. The Morgan fingerprint density at radius 1 is 1.21 bits per heavy atom. The lowest BCUT2D eigenvalue weighted by atomic mass is 10.1. The normalized spacial score (nSPS) is 13.9. The third kappa shape index (κ3) is 2.62. The average Bonchev–Trinajstić information content (AvgIpc) is 2.41. The number of rotatable bonds is 2. The lowest BCUT2D eigenvalue weighted by molar-refractivity contribution is 0.629. The molecule has 0 fully saturated rings. The van der Waals surface area contributed by atoms with Gasteiger partial charge in [-0.25, -0.2) is 4.98 Å². The highest BCUT2D eigenvalue weighted by Gasteiger charge is 2.16. The second-order valence-electron chi connectivity index (χ2n) is 4.41. The molecule has 1 aromatic carbocycles. The minimum Gasteiger partial charge on any atom is -0.368 e. The highest BCUT2D eigenvalue weighted by atomic mass is 35.5. The highest BCUT2D eigenvalue weighted by molar-refractivity contribution is 6.30. The number of benzene rings is 1. The van der Waals surface area contributed by atoms with E-state index in [0.717, 1.165) is 42.3 Å². The Bertz CT molecular complexity index is 597. The molecule has 0 amide bonds. The minimum absolute atomic E-state index is 0.303. The van der Waals surface area contributed by atoms with E-state index in [0.29, 0.717) is 11.0 Å². The van der Waals surface area contributed by atoms with Crippen molar-refractivity contribution in [3.05, 3.63) is 40.5 Å². The van der Waals surface area contributed by atoms with Crippen molar-refractivity contribution in [1.82, 2.24) is 15.3 Å². The van der Waals surface area contributed by atoms with Gasteiger partial charge in [0.1, 0.15) is 5.82 Å². The van der Waals surface area contributed by atoms with Crippen molar-refractivity contribution in [2.45, 2.75) is 13.0 Å². The number of nitrogens with zero attached hydrogens (tertiary/aromatic N) is 2. The molecule has 1 aliphatic rings. The molecule has 0 radical (unpaired) electrons. The quantitative estimate of drug-likeness (QED) is 0.783. The summed E-state index contributed by atoms with van der Waals surface area (Å²) < 4.78 is 0. The Morgan fingerprint density at radius 2 is 2.00 bits per heavy atom. The summed E-state index contributed by atoms with van der Waals surface area (Å²) in [6.45, 7) is 1.68. The molecule has 0 unspecified atom stereocenters. The van der Waals surface area contributed by atoms with Crippen LogP contribution in [0.5, 0.6) is 0 Å². The van der Waals surface area contributed by atoms with Crippen molar-refractivity contribution in [2.24, 2.45) is 0 Å². The molecule has 3 rings (SSSR count). The molecule has 19 heavy (non-hydrogen) atoms. The van der Waals surface area contributed by atoms with Gasteiger partial charge in [-0.15, -0.1) is 0 Å². The Hall–Kier alpha value is -1.85. The minimum atomic E-state index is 0.303. The first kappa shape index (κ1) is 12.2. The van der Waals surface area contributed by atoms with E-state index in [2.05, 4.69) is 20.6 Å². The van der Waals surface area contributed by atoms with Crippen LogP contribution in [0.4, 0.5) is 17.5 Å². The van der Waals surface area contributed by atoms with Crippen LogP contribution in [0.1, 0.15) is 11.3 Å². The molecule has 0 spiro atoms. The Balaban J connectivity index is 1.95. The van der Waals surface area contributed by atoms with E-state index in [1.807, 2.05) is 24.3 Å². The molecule has 2 heterocycles. The second kappa shape index (κ2) is 5.03. The predicted octanol–water partition coefficient (Wildman–Crippen LogP) is 2.10. The number of hydrogen-bond acceptors (Lipinski definition) is 5. The number of aromatic nitrogens is 2. The first-order chi connectivity index (χ1) is 9.22. The van der Waals surface area contributed by atoms with Gasteiger partial charge in [-0.3, -0.25) is 0 Å². The van der Waals surface area contributed by atoms with Crippen LogP contribution in [0.2, 0.25) is 5.02 Å². The first-order valence-electron chi connectivity index (χ1n) is 6.11. The van der Waals surface area contributed by atoms with Gasteiger partial charge in [0.25, 0.3) is 0 Å². The summed E-state index contributed by atoms with van der Waals surface area (Å²) in [7, 11) is 0. The zero-order valence-corrected chi connectivity index (χ0v) is 11.0. The molecule has 0 saturated heterocycles. The molecule has 0 saturated carbocycles. The Labute approximate surface area is 116 Å². The summed E-state index contributed by atoms with van der Waals surface area (Å²) in [4.78, 5) is 8.58. The zero-order valence-electron chi connectivity index (χ0n) is 10.3. The van der Waals surface area contributed by atoms with E-state index in [1.54, 1.807) is 0 Å². The van der Waals surface area contributed by atoms with E-state index >= 15 is 0 Å². The summed E-state index contributed by atoms with van der Waals surface area (Å²) in [5, 5.41) is 7.29. The first-order valence-corrected chi connectivity index (χ1v) is 6.49. The maximum absolute atomic E-state index is 5.87. The topological polar surface area (TPSA) is 75.9 Å². The summed E-state index contributed by atoms with van der Waals surface area (Å²) in [6, 6.07) is 7.48. The van der Waals surface area contributed by atoms with Crippen LogP contribution in [-0.2, 0) is 13.0 Å². The highest BCUT2D eigenvalue weighted by Crippen LogP contribution is 2.24. The molecule has 0 aliphatic carbocycles. The molecule has 2 aromatic rings. The lowest BCUT2D eigenvalue weighted by Crippen LogP contribution is -2.26. The number of anilines is 3. The van der Waals surface area contributed by atoms with Crippen molar-refractivity contribution in [3.8, 4) is 0 Å². The number of hydrogen-bond donors (Lipinski definition) is 3. The summed E-state index contributed by atoms with van der Waals surface area (Å²) in [6.07, 6.45) is 0.872. The lowest BCUT2D eigenvalue weighted by Gasteiger charge is -2.20.